The van der Waals surface area contributed by atoms with Crippen molar-refractivity contribution in [2.24, 2.45) is 0 Å². The Morgan fingerprint density at radius 2 is 1.89 bits per heavy atom. The number of nitrogens with one attached hydrogen (secondary N) is 1. The van der Waals surface area contributed by atoms with Crippen LogP contribution < -0.4 is 15.8 Å². The minimum Gasteiger partial charge on any atom is -0.495 e. The zero-order valence-corrected chi connectivity index (χ0v) is 11.2. The molecular formula is C13H12Cl2N2O. The van der Waals surface area contributed by atoms with Crippen molar-refractivity contribution in [3.63, 3.8) is 0 Å². The Bertz CT molecular complexity index is 573. The van der Waals surface area contributed by atoms with Gasteiger partial charge in [0.05, 0.1) is 23.5 Å². The Kier molecular flexibility index (Phi) is 3.84. The number of hydrogen-bond acceptors (Lipinski definition) is 3. The van der Waals surface area contributed by atoms with Crippen LogP contribution in [0.4, 0.5) is 17.1 Å². The highest BCUT2D eigenvalue weighted by atomic mass is 35.5. The number of methoxy groups -OCH3 is 1. The third-order valence-electron chi connectivity index (χ3n) is 2.45. The largest absolute Gasteiger partial charge is 0.495 e. The summed E-state index contributed by atoms with van der Waals surface area (Å²) >= 11 is 11.9. The van der Waals surface area contributed by atoms with Crippen molar-refractivity contribution in [2.45, 2.75) is 0 Å². The molecule has 2 aromatic carbocycles. The molecule has 0 aliphatic rings. The molecule has 0 spiro atoms. The van der Waals surface area contributed by atoms with E-state index in [0.29, 0.717) is 21.5 Å². The molecule has 0 aromatic heterocycles. The number of anilines is 3. The zero-order valence-electron chi connectivity index (χ0n) is 9.71. The number of nitrogen functional groups attached to an aromatic ring is 1. The Morgan fingerprint density at radius 1 is 1.11 bits per heavy atom. The first-order valence-electron chi connectivity index (χ1n) is 5.26. The van der Waals surface area contributed by atoms with Crippen LogP contribution >= 0.6 is 23.2 Å². The van der Waals surface area contributed by atoms with Crippen molar-refractivity contribution >= 4 is 40.3 Å². The molecule has 0 saturated carbocycles. The van der Waals surface area contributed by atoms with Crippen molar-refractivity contribution in [3.8, 4) is 5.75 Å². The molecule has 94 valence electrons. The summed E-state index contributed by atoms with van der Waals surface area (Å²) in [4.78, 5) is 0. The standard InChI is InChI=1S/C13H12Cl2N2O/c1-18-13-7-9(3-4-10(13)15)17-12-6-8(14)2-5-11(12)16/h2-7,17H,16H2,1H3. The highest BCUT2D eigenvalue weighted by Gasteiger charge is 2.04. The van der Waals surface area contributed by atoms with Crippen molar-refractivity contribution < 1.29 is 4.74 Å². The molecule has 0 bridgehead atoms. The molecule has 0 amide bonds. The van der Waals surface area contributed by atoms with Gasteiger partial charge in [-0.05, 0) is 30.3 Å². The van der Waals surface area contributed by atoms with Crippen LogP contribution in [0.25, 0.3) is 0 Å². The lowest BCUT2D eigenvalue weighted by molar-refractivity contribution is 0.415. The summed E-state index contributed by atoms with van der Waals surface area (Å²) in [6, 6.07) is 10.6. The smallest absolute Gasteiger partial charge is 0.139 e. The van der Waals surface area contributed by atoms with Gasteiger partial charge in [-0.1, -0.05) is 23.2 Å². The quantitative estimate of drug-likeness (QED) is 0.824. The second kappa shape index (κ2) is 5.38. The van der Waals surface area contributed by atoms with Gasteiger partial charge in [-0.25, -0.2) is 0 Å². The number of hydrogen-bond donors (Lipinski definition) is 2. The van der Waals surface area contributed by atoms with Gasteiger partial charge in [-0.3, -0.25) is 0 Å². The van der Waals surface area contributed by atoms with Crippen LogP contribution in [-0.2, 0) is 0 Å². The van der Waals surface area contributed by atoms with E-state index in [1.807, 2.05) is 6.07 Å². The molecule has 0 unspecified atom stereocenters. The minimum absolute atomic E-state index is 0.558. The van der Waals surface area contributed by atoms with Crippen molar-refractivity contribution in [2.75, 3.05) is 18.2 Å². The first kappa shape index (κ1) is 12.9. The fraction of sp³-hybridized carbons (Fsp3) is 0.0769. The third kappa shape index (κ3) is 2.81. The number of rotatable bonds is 3. The Morgan fingerprint density at radius 3 is 2.61 bits per heavy atom. The molecule has 0 radical (unpaired) electrons. The Labute approximate surface area is 115 Å². The van der Waals surface area contributed by atoms with Gasteiger partial charge in [0.25, 0.3) is 0 Å². The second-order valence-corrected chi connectivity index (χ2v) is 4.55. The molecule has 0 heterocycles. The lowest BCUT2D eigenvalue weighted by atomic mass is 10.2. The van der Waals surface area contributed by atoms with Crippen molar-refractivity contribution in [3.05, 3.63) is 46.4 Å². The van der Waals surface area contributed by atoms with Gasteiger partial charge in [-0.2, -0.15) is 0 Å². The molecule has 0 aliphatic carbocycles. The number of ether oxygens (including phenoxy) is 1. The van der Waals surface area contributed by atoms with E-state index in [2.05, 4.69) is 5.32 Å². The number of halogens is 2. The summed E-state index contributed by atoms with van der Waals surface area (Å²) < 4.78 is 5.15. The average Bonchev–Trinajstić information content (AvgIpc) is 2.36. The molecule has 2 rings (SSSR count). The van der Waals surface area contributed by atoms with Crippen LogP contribution in [0.2, 0.25) is 10.0 Å². The van der Waals surface area contributed by atoms with E-state index in [9.17, 15) is 0 Å². The van der Waals surface area contributed by atoms with Gasteiger partial charge in [-0.15, -0.1) is 0 Å². The predicted molar refractivity (Wildman–Crippen MR) is 77.2 cm³/mol. The van der Waals surface area contributed by atoms with Crippen LogP contribution in [0.1, 0.15) is 0 Å². The lowest BCUT2D eigenvalue weighted by Crippen LogP contribution is -1.96. The molecule has 18 heavy (non-hydrogen) atoms. The molecular weight excluding hydrogens is 271 g/mol. The van der Waals surface area contributed by atoms with Crippen molar-refractivity contribution in [1.29, 1.82) is 0 Å². The Hall–Kier alpha value is -1.58. The van der Waals surface area contributed by atoms with E-state index in [4.69, 9.17) is 33.7 Å². The summed E-state index contributed by atoms with van der Waals surface area (Å²) in [5.41, 5.74) is 8.04. The summed E-state index contributed by atoms with van der Waals surface area (Å²) in [5.74, 6) is 0.599. The number of benzene rings is 2. The minimum atomic E-state index is 0.558. The summed E-state index contributed by atoms with van der Waals surface area (Å²) in [6.07, 6.45) is 0. The van der Waals surface area contributed by atoms with Crippen LogP contribution in [0.5, 0.6) is 5.75 Å². The Balaban J connectivity index is 2.31. The fourth-order valence-corrected chi connectivity index (χ4v) is 1.90. The summed E-state index contributed by atoms with van der Waals surface area (Å²) in [6.45, 7) is 0. The summed E-state index contributed by atoms with van der Waals surface area (Å²) in [5, 5.41) is 4.34. The number of nitrogens with two attached hydrogens (primary N) is 1. The van der Waals surface area contributed by atoms with E-state index >= 15 is 0 Å². The molecule has 0 fully saturated rings. The van der Waals surface area contributed by atoms with Crippen LogP contribution in [0, 0.1) is 0 Å². The van der Waals surface area contributed by atoms with E-state index in [-0.39, 0.29) is 0 Å². The topological polar surface area (TPSA) is 47.3 Å². The van der Waals surface area contributed by atoms with Gasteiger partial charge >= 0.3 is 0 Å². The fourth-order valence-electron chi connectivity index (χ4n) is 1.53. The molecule has 0 atom stereocenters. The van der Waals surface area contributed by atoms with Gasteiger partial charge in [0, 0.05) is 16.8 Å². The highest BCUT2D eigenvalue weighted by Crippen LogP contribution is 2.31. The molecule has 2 aromatic rings. The van der Waals surface area contributed by atoms with Crippen LogP contribution in [-0.4, -0.2) is 7.11 Å². The van der Waals surface area contributed by atoms with Gasteiger partial charge in [0.15, 0.2) is 0 Å². The van der Waals surface area contributed by atoms with Crippen LogP contribution in [0.15, 0.2) is 36.4 Å². The monoisotopic (exact) mass is 282 g/mol. The van der Waals surface area contributed by atoms with E-state index in [0.717, 1.165) is 11.4 Å². The molecule has 3 nitrogen and oxygen atoms in total. The maximum atomic E-state index is 5.96. The normalized spacial score (nSPS) is 10.2. The van der Waals surface area contributed by atoms with Crippen molar-refractivity contribution in [1.82, 2.24) is 0 Å². The average molecular weight is 283 g/mol. The van der Waals surface area contributed by atoms with Gasteiger partial charge in [0.2, 0.25) is 0 Å². The molecule has 5 heteroatoms. The second-order valence-electron chi connectivity index (χ2n) is 3.71. The van der Waals surface area contributed by atoms with Crippen LogP contribution in [0.3, 0.4) is 0 Å². The molecule has 3 N–H and O–H groups in total. The van der Waals surface area contributed by atoms with E-state index in [1.54, 1.807) is 37.4 Å². The van der Waals surface area contributed by atoms with E-state index in [1.165, 1.54) is 0 Å². The molecule has 0 saturated heterocycles. The third-order valence-corrected chi connectivity index (χ3v) is 2.99. The first-order valence-corrected chi connectivity index (χ1v) is 6.01. The molecule has 0 aliphatic heterocycles. The van der Waals surface area contributed by atoms with Gasteiger partial charge < -0.3 is 15.8 Å². The lowest BCUT2D eigenvalue weighted by Gasteiger charge is -2.11. The summed E-state index contributed by atoms with van der Waals surface area (Å²) in [7, 11) is 1.57. The SMILES string of the molecule is COc1cc(Nc2cc(Cl)ccc2N)ccc1Cl. The zero-order chi connectivity index (χ0) is 13.1. The first-order chi connectivity index (χ1) is 8.60. The predicted octanol–water partition coefficient (Wildman–Crippen LogP) is 4.33. The maximum Gasteiger partial charge on any atom is 0.139 e. The maximum absolute atomic E-state index is 5.96. The highest BCUT2D eigenvalue weighted by molar-refractivity contribution is 6.32. The van der Waals surface area contributed by atoms with E-state index < -0.39 is 0 Å². The van der Waals surface area contributed by atoms with Gasteiger partial charge in [0.1, 0.15) is 5.75 Å².